The van der Waals surface area contributed by atoms with E-state index in [0.717, 1.165) is 81.7 Å². The molecule has 9 heteroatoms. The number of aromatic nitrogens is 6. The molecule has 1 aliphatic rings. The highest BCUT2D eigenvalue weighted by Gasteiger charge is 2.18. The van der Waals surface area contributed by atoms with Crippen molar-refractivity contribution in [3.05, 3.63) is 78.5 Å². The summed E-state index contributed by atoms with van der Waals surface area (Å²) < 4.78 is 20.4. The second-order valence-corrected chi connectivity index (χ2v) is 9.96. The van der Waals surface area contributed by atoms with E-state index in [-0.39, 0.29) is 11.9 Å². The summed E-state index contributed by atoms with van der Waals surface area (Å²) in [6.07, 6.45) is 7.43. The van der Waals surface area contributed by atoms with E-state index in [0.29, 0.717) is 11.4 Å². The van der Waals surface area contributed by atoms with Crippen molar-refractivity contribution >= 4 is 21.9 Å². The first-order valence-electron chi connectivity index (χ1n) is 13.0. The second kappa shape index (κ2) is 9.59. The quantitative estimate of drug-likeness (QED) is 0.266. The fourth-order valence-electron chi connectivity index (χ4n) is 5.26. The number of piperidine rings is 1. The normalized spacial score (nSPS) is 14.3. The molecule has 194 valence electrons. The van der Waals surface area contributed by atoms with Crippen molar-refractivity contribution < 1.29 is 9.13 Å². The van der Waals surface area contributed by atoms with E-state index in [9.17, 15) is 4.39 Å². The molecular formula is C30H26FN7O. The molecular weight excluding hydrogens is 493 g/mol. The fourth-order valence-corrected chi connectivity index (χ4v) is 5.26. The number of hydrogen-bond acceptors (Lipinski definition) is 6. The summed E-state index contributed by atoms with van der Waals surface area (Å²) in [5.41, 5.74) is 7.87. The van der Waals surface area contributed by atoms with Gasteiger partial charge in [-0.3, -0.25) is 15.1 Å². The number of rotatable bonds is 5. The number of H-pyrrole nitrogens is 2. The predicted octanol–water partition coefficient (Wildman–Crippen LogP) is 5.81. The molecule has 0 saturated carbocycles. The van der Waals surface area contributed by atoms with Gasteiger partial charge in [-0.15, -0.1) is 0 Å². The maximum atomic E-state index is 14.2. The Morgan fingerprint density at radius 1 is 0.923 bits per heavy atom. The highest BCUT2D eigenvalue weighted by molar-refractivity contribution is 5.99. The van der Waals surface area contributed by atoms with Gasteiger partial charge in [0.25, 0.3) is 0 Å². The Morgan fingerprint density at radius 3 is 2.69 bits per heavy atom. The Labute approximate surface area is 223 Å². The molecule has 0 atom stereocenters. The van der Waals surface area contributed by atoms with Crippen LogP contribution in [0.4, 0.5) is 4.39 Å². The van der Waals surface area contributed by atoms with Crippen LogP contribution in [0.15, 0.2) is 67.1 Å². The monoisotopic (exact) mass is 519 g/mol. The van der Waals surface area contributed by atoms with Crippen molar-refractivity contribution in [1.29, 1.82) is 0 Å². The number of aromatic amines is 2. The first-order chi connectivity index (χ1) is 19.1. The van der Waals surface area contributed by atoms with Crippen molar-refractivity contribution in [1.82, 2.24) is 35.5 Å². The van der Waals surface area contributed by atoms with Crippen molar-refractivity contribution in [2.45, 2.75) is 25.9 Å². The Kier molecular flexibility index (Phi) is 5.78. The number of nitrogens with one attached hydrogen (secondary N) is 3. The van der Waals surface area contributed by atoms with E-state index in [1.165, 1.54) is 12.1 Å². The van der Waals surface area contributed by atoms with E-state index in [1.807, 2.05) is 43.3 Å². The number of fused-ring (bicyclic) bond motifs is 2. The third-order valence-electron chi connectivity index (χ3n) is 7.12. The third kappa shape index (κ3) is 4.51. The molecule has 1 fully saturated rings. The van der Waals surface area contributed by atoms with Crippen LogP contribution in [0.5, 0.6) is 5.75 Å². The molecule has 1 aromatic carbocycles. The van der Waals surface area contributed by atoms with Crippen LogP contribution in [-0.4, -0.2) is 49.3 Å². The summed E-state index contributed by atoms with van der Waals surface area (Å²) in [6.45, 7) is 3.80. The van der Waals surface area contributed by atoms with Gasteiger partial charge < -0.3 is 15.0 Å². The lowest BCUT2D eigenvalue weighted by Gasteiger charge is -2.23. The van der Waals surface area contributed by atoms with Crippen LogP contribution >= 0.6 is 0 Å². The van der Waals surface area contributed by atoms with Crippen molar-refractivity contribution in [2.75, 3.05) is 13.1 Å². The fraction of sp³-hybridized carbons (Fsp3) is 0.200. The van der Waals surface area contributed by atoms with Crippen molar-refractivity contribution in [3.63, 3.8) is 0 Å². The molecule has 3 N–H and O–H groups in total. The molecule has 8 nitrogen and oxygen atoms in total. The number of nitrogens with zero attached hydrogens (tertiary/aromatic N) is 4. The highest BCUT2D eigenvalue weighted by Crippen LogP contribution is 2.34. The minimum atomic E-state index is -0.283. The molecule has 0 spiro atoms. The summed E-state index contributed by atoms with van der Waals surface area (Å²) in [4.78, 5) is 17.4. The van der Waals surface area contributed by atoms with Crippen molar-refractivity contribution in [2.24, 2.45) is 0 Å². The van der Waals surface area contributed by atoms with Gasteiger partial charge in [0.2, 0.25) is 0 Å². The molecule has 0 aliphatic carbocycles. The van der Waals surface area contributed by atoms with E-state index >= 15 is 0 Å². The van der Waals surface area contributed by atoms with Crippen LogP contribution in [0.2, 0.25) is 0 Å². The number of halogens is 1. The molecule has 0 bridgehead atoms. The van der Waals surface area contributed by atoms with Crippen LogP contribution in [-0.2, 0) is 0 Å². The maximum absolute atomic E-state index is 14.2. The van der Waals surface area contributed by atoms with Crippen LogP contribution in [0.25, 0.3) is 55.8 Å². The molecule has 1 aliphatic heterocycles. The standard InChI is InChI=1S/C30H26FN7O/c1-17-10-18(12-20(31)11-17)28-23-14-27(35-25(23)6-9-34-28)30-29-26(37-38-30)3-2-24(36-29)19-13-22(16-33-15-19)39-21-4-7-32-8-5-21/h2-3,6,9-16,21,32,35H,4-5,7-8H2,1H3,(H,37,38). The highest BCUT2D eigenvalue weighted by atomic mass is 19.1. The summed E-state index contributed by atoms with van der Waals surface area (Å²) in [7, 11) is 0. The molecule has 6 aromatic rings. The average Bonchev–Trinajstić information content (AvgIpc) is 3.57. The molecule has 0 amide bonds. The van der Waals surface area contributed by atoms with Crippen LogP contribution in [0.1, 0.15) is 18.4 Å². The van der Waals surface area contributed by atoms with Crippen LogP contribution in [0, 0.1) is 12.7 Å². The topological polar surface area (TPSA) is 104 Å². The van der Waals surface area contributed by atoms with Gasteiger partial charge in [-0.05, 0) is 86.9 Å². The van der Waals surface area contributed by atoms with Gasteiger partial charge >= 0.3 is 0 Å². The average molecular weight is 520 g/mol. The van der Waals surface area contributed by atoms with Gasteiger partial charge in [-0.2, -0.15) is 5.10 Å². The van der Waals surface area contributed by atoms with E-state index < -0.39 is 0 Å². The first kappa shape index (κ1) is 23.5. The molecule has 1 saturated heterocycles. The van der Waals surface area contributed by atoms with Gasteiger partial charge in [0.05, 0.1) is 28.8 Å². The number of aryl methyl sites for hydroxylation is 1. The Bertz CT molecular complexity index is 1800. The lowest BCUT2D eigenvalue weighted by molar-refractivity contribution is 0.162. The predicted molar refractivity (Wildman–Crippen MR) is 149 cm³/mol. The Hall–Kier alpha value is -4.63. The molecule has 6 heterocycles. The summed E-state index contributed by atoms with van der Waals surface area (Å²) in [6, 6.07) is 14.8. The minimum Gasteiger partial charge on any atom is -0.489 e. The zero-order valence-corrected chi connectivity index (χ0v) is 21.3. The summed E-state index contributed by atoms with van der Waals surface area (Å²) in [5.74, 6) is 0.464. The van der Waals surface area contributed by atoms with Gasteiger partial charge in [0.15, 0.2) is 0 Å². The van der Waals surface area contributed by atoms with E-state index in [1.54, 1.807) is 18.6 Å². The number of pyridine rings is 3. The SMILES string of the molecule is Cc1cc(F)cc(-c2nccc3[nH]c(-c4n[nH]c5ccc(-c6cncc(OC7CCNCC7)c6)nc45)cc23)c1. The van der Waals surface area contributed by atoms with Crippen molar-refractivity contribution in [3.8, 4) is 39.7 Å². The number of benzene rings is 1. The summed E-state index contributed by atoms with van der Waals surface area (Å²) >= 11 is 0. The second-order valence-electron chi connectivity index (χ2n) is 9.96. The Morgan fingerprint density at radius 2 is 1.82 bits per heavy atom. The van der Waals surface area contributed by atoms with E-state index in [2.05, 4.69) is 30.5 Å². The van der Waals surface area contributed by atoms with Crippen LogP contribution < -0.4 is 10.1 Å². The minimum absolute atomic E-state index is 0.192. The molecule has 7 rings (SSSR count). The Balaban J connectivity index is 1.26. The molecule has 0 unspecified atom stereocenters. The largest absolute Gasteiger partial charge is 0.489 e. The third-order valence-corrected chi connectivity index (χ3v) is 7.12. The zero-order chi connectivity index (χ0) is 26.3. The smallest absolute Gasteiger partial charge is 0.138 e. The maximum Gasteiger partial charge on any atom is 0.138 e. The zero-order valence-electron chi connectivity index (χ0n) is 21.3. The first-order valence-corrected chi connectivity index (χ1v) is 13.0. The van der Waals surface area contributed by atoms with Gasteiger partial charge in [0, 0.05) is 34.4 Å². The van der Waals surface area contributed by atoms with Gasteiger partial charge in [-0.1, -0.05) is 0 Å². The van der Waals surface area contributed by atoms with E-state index in [4.69, 9.17) is 9.72 Å². The number of ether oxygens (including phenoxy) is 1. The molecule has 39 heavy (non-hydrogen) atoms. The molecule has 5 aromatic heterocycles. The summed E-state index contributed by atoms with van der Waals surface area (Å²) in [5, 5.41) is 11.9. The van der Waals surface area contributed by atoms with Gasteiger partial charge in [0.1, 0.15) is 28.9 Å². The molecule has 0 radical (unpaired) electrons. The lowest BCUT2D eigenvalue weighted by atomic mass is 10.0. The van der Waals surface area contributed by atoms with Crippen LogP contribution in [0.3, 0.4) is 0 Å². The lowest BCUT2D eigenvalue weighted by Crippen LogP contribution is -2.34. The number of hydrogen-bond donors (Lipinski definition) is 3. The van der Waals surface area contributed by atoms with Gasteiger partial charge in [-0.25, -0.2) is 9.37 Å².